The Morgan fingerprint density at radius 1 is 1.12 bits per heavy atom. The fourth-order valence-electron chi connectivity index (χ4n) is 3.92. The highest BCUT2D eigenvalue weighted by Gasteiger charge is 2.23. The molecule has 0 saturated carbocycles. The lowest BCUT2D eigenvalue weighted by Gasteiger charge is -2.23. The smallest absolute Gasteiger partial charge is 0.242 e. The van der Waals surface area contributed by atoms with Gasteiger partial charge in [-0.1, -0.05) is 32.4 Å². The van der Waals surface area contributed by atoms with E-state index < -0.39 is 0 Å². The van der Waals surface area contributed by atoms with Gasteiger partial charge in [-0.25, -0.2) is 0 Å². The van der Waals surface area contributed by atoms with Gasteiger partial charge in [0.05, 0.1) is 29.4 Å². The van der Waals surface area contributed by atoms with Gasteiger partial charge >= 0.3 is 0 Å². The standard InChI is InChI=1S/C12H12N4.C12H20N2O2.C2H6/c1-8(7-13)12(14)16-10-4-2-3-9-5-6-15-11(9)10;15-11-6-2-1-3-9-14(11)10-12(16)13-7-4-5-8-13;1-2/h2-6,15-16H,14H2,1H3;1-10H2;1-2H3/b12-8+;;. The Kier molecular flexibility index (Phi) is 11.0. The van der Waals surface area contributed by atoms with E-state index in [1.54, 1.807) is 11.8 Å². The normalized spacial score (nSPS) is 16.4. The first-order valence-corrected chi connectivity index (χ1v) is 12.2. The van der Waals surface area contributed by atoms with Gasteiger partial charge in [-0.3, -0.25) is 9.59 Å². The molecular formula is C26H38N6O2. The maximum Gasteiger partial charge on any atom is 0.242 e. The Hall–Kier alpha value is -3.47. The number of H-pyrrole nitrogens is 1. The van der Waals surface area contributed by atoms with Gasteiger partial charge in [0, 0.05) is 37.6 Å². The third kappa shape index (κ3) is 7.55. The predicted molar refractivity (Wildman–Crippen MR) is 137 cm³/mol. The van der Waals surface area contributed by atoms with E-state index in [2.05, 4.69) is 10.3 Å². The molecule has 0 aliphatic carbocycles. The zero-order valence-electron chi connectivity index (χ0n) is 20.7. The first-order valence-electron chi connectivity index (χ1n) is 12.2. The minimum Gasteiger partial charge on any atom is -0.384 e. The van der Waals surface area contributed by atoms with Gasteiger partial charge in [0.15, 0.2) is 0 Å². The Bertz CT molecular complexity index is 1010. The Morgan fingerprint density at radius 2 is 1.82 bits per heavy atom. The van der Waals surface area contributed by atoms with Crippen molar-refractivity contribution in [1.82, 2.24) is 14.8 Å². The van der Waals surface area contributed by atoms with Crippen molar-refractivity contribution in [3.63, 3.8) is 0 Å². The molecule has 4 rings (SSSR count). The molecule has 2 aliphatic rings. The summed E-state index contributed by atoms with van der Waals surface area (Å²) in [6, 6.07) is 9.85. The topological polar surface area (TPSA) is 118 Å². The molecule has 1 aromatic carbocycles. The maximum absolute atomic E-state index is 11.9. The van der Waals surface area contributed by atoms with Gasteiger partial charge in [-0.2, -0.15) is 5.26 Å². The van der Waals surface area contributed by atoms with Crippen LogP contribution in [0.5, 0.6) is 0 Å². The number of anilines is 1. The van der Waals surface area contributed by atoms with Crippen LogP contribution < -0.4 is 11.1 Å². The van der Waals surface area contributed by atoms with E-state index in [0.717, 1.165) is 68.3 Å². The van der Waals surface area contributed by atoms with Crippen LogP contribution in [0.3, 0.4) is 0 Å². The largest absolute Gasteiger partial charge is 0.384 e. The fourth-order valence-corrected chi connectivity index (χ4v) is 3.92. The number of likely N-dealkylation sites (tertiary alicyclic amines) is 2. The minimum absolute atomic E-state index is 0.132. The number of allylic oxidation sites excluding steroid dienone is 1. The second-order valence-electron chi connectivity index (χ2n) is 8.24. The Balaban J connectivity index is 0.000000224. The fraction of sp³-hybridized carbons (Fsp3) is 0.500. The molecule has 34 heavy (non-hydrogen) atoms. The number of aromatic nitrogens is 1. The molecule has 0 spiro atoms. The lowest BCUT2D eigenvalue weighted by Crippen LogP contribution is -2.41. The Morgan fingerprint density at radius 3 is 2.53 bits per heavy atom. The summed E-state index contributed by atoms with van der Waals surface area (Å²) < 4.78 is 0. The molecule has 8 heteroatoms. The molecule has 2 aromatic rings. The summed E-state index contributed by atoms with van der Waals surface area (Å²) in [5.41, 5.74) is 8.08. The van der Waals surface area contributed by atoms with Crippen molar-refractivity contribution in [3.05, 3.63) is 41.9 Å². The van der Waals surface area contributed by atoms with Crippen LogP contribution in [0.4, 0.5) is 5.69 Å². The number of amides is 2. The van der Waals surface area contributed by atoms with E-state index in [0.29, 0.717) is 24.4 Å². The van der Waals surface area contributed by atoms with E-state index in [4.69, 9.17) is 11.0 Å². The van der Waals surface area contributed by atoms with E-state index in [-0.39, 0.29) is 11.8 Å². The number of nitrogens with one attached hydrogen (secondary N) is 2. The van der Waals surface area contributed by atoms with Crippen LogP contribution in [0.2, 0.25) is 0 Å². The van der Waals surface area contributed by atoms with E-state index in [9.17, 15) is 9.59 Å². The van der Waals surface area contributed by atoms with Crippen molar-refractivity contribution in [3.8, 4) is 6.07 Å². The first-order chi connectivity index (χ1) is 16.5. The zero-order valence-corrected chi connectivity index (χ0v) is 20.7. The van der Waals surface area contributed by atoms with Crippen LogP contribution in [0.1, 0.15) is 59.3 Å². The van der Waals surface area contributed by atoms with Crippen LogP contribution in [-0.2, 0) is 9.59 Å². The molecule has 2 aliphatic heterocycles. The summed E-state index contributed by atoms with van der Waals surface area (Å²) in [6.07, 6.45) is 7.84. The number of aromatic amines is 1. The first kappa shape index (κ1) is 26.8. The van der Waals surface area contributed by atoms with Gasteiger partial charge in [0.2, 0.25) is 11.8 Å². The molecule has 2 fully saturated rings. The summed E-state index contributed by atoms with van der Waals surface area (Å²) in [7, 11) is 0. The highest BCUT2D eigenvalue weighted by Crippen LogP contribution is 2.22. The third-order valence-corrected chi connectivity index (χ3v) is 5.88. The number of carbonyl (C=O) groups is 2. The number of benzene rings is 1. The molecule has 184 valence electrons. The molecular weight excluding hydrogens is 428 g/mol. The quantitative estimate of drug-likeness (QED) is 0.580. The van der Waals surface area contributed by atoms with Crippen LogP contribution in [-0.4, -0.2) is 52.8 Å². The molecule has 4 N–H and O–H groups in total. The Labute approximate surface area is 202 Å². The average molecular weight is 467 g/mol. The molecule has 0 radical (unpaired) electrons. The summed E-state index contributed by atoms with van der Waals surface area (Å²) >= 11 is 0. The van der Waals surface area contributed by atoms with Gasteiger partial charge in [0.25, 0.3) is 0 Å². The summed E-state index contributed by atoms with van der Waals surface area (Å²) in [5, 5.41) is 12.9. The number of nitrogens with two attached hydrogens (primary N) is 1. The second kappa shape index (κ2) is 13.9. The summed E-state index contributed by atoms with van der Waals surface area (Å²) in [5.74, 6) is 0.669. The van der Waals surface area contributed by atoms with E-state index in [1.165, 1.54) is 0 Å². The number of fused-ring (bicyclic) bond motifs is 1. The van der Waals surface area contributed by atoms with E-state index in [1.807, 2.05) is 55.3 Å². The predicted octanol–water partition coefficient (Wildman–Crippen LogP) is 4.33. The number of carbonyl (C=O) groups excluding carboxylic acids is 2. The highest BCUT2D eigenvalue weighted by molar-refractivity contribution is 5.91. The number of rotatable bonds is 4. The number of para-hydroxylation sites is 1. The number of hydrogen-bond donors (Lipinski definition) is 3. The minimum atomic E-state index is 0.132. The average Bonchev–Trinajstić information content (AvgIpc) is 3.53. The van der Waals surface area contributed by atoms with Crippen LogP contribution in [0.15, 0.2) is 41.9 Å². The van der Waals surface area contributed by atoms with E-state index >= 15 is 0 Å². The molecule has 3 heterocycles. The second-order valence-corrected chi connectivity index (χ2v) is 8.24. The van der Waals surface area contributed by atoms with Crippen molar-refractivity contribution in [2.24, 2.45) is 5.73 Å². The highest BCUT2D eigenvalue weighted by atomic mass is 16.2. The molecule has 2 saturated heterocycles. The summed E-state index contributed by atoms with van der Waals surface area (Å²) in [6.45, 7) is 8.50. The monoisotopic (exact) mass is 466 g/mol. The van der Waals surface area contributed by atoms with Gasteiger partial charge in [-0.15, -0.1) is 0 Å². The lowest BCUT2D eigenvalue weighted by atomic mass is 10.2. The third-order valence-electron chi connectivity index (χ3n) is 5.88. The van der Waals surface area contributed by atoms with Gasteiger partial charge < -0.3 is 25.8 Å². The van der Waals surface area contributed by atoms with Crippen LogP contribution in [0, 0.1) is 11.3 Å². The van der Waals surface area contributed by atoms with Crippen molar-refractivity contribution in [2.75, 3.05) is 31.5 Å². The SMILES string of the molecule is C/C(C#N)=C(/N)Nc1cccc2cc[nH]c12.CC.O=C(CN1CCCCCC1=O)N1CCCC1. The van der Waals surface area contributed by atoms with Crippen molar-refractivity contribution in [2.45, 2.75) is 59.3 Å². The number of nitriles is 1. The molecule has 1 aromatic heterocycles. The maximum atomic E-state index is 11.9. The van der Waals surface area contributed by atoms with Crippen molar-refractivity contribution < 1.29 is 9.59 Å². The molecule has 0 bridgehead atoms. The molecule has 0 unspecified atom stereocenters. The number of hydrogen-bond acceptors (Lipinski definition) is 5. The number of nitrogens with zero attached hydrogens (tertiary/aromatic N) is 3. The van der Waals surface area contributed by atoms with Crippen LogP contribution in [0.25, 0.3) is 10.9 Å². The molecule has 2 amide bonds. The van der Waals surface area contributed by atoms with Crippen LogP contribution >= 0.6 is 0 Å². The molecule has 0 atom stereocenters. The lowest BCUT2D eigenvalue weighted by molar-refractivity contribution is -0.139. The summed E-state index contributed by atoms with van der Waals surface area (Å²) in [4.78, 5) is 30.4. The van der Waals surface area contributed by atoms with Gasteiger partial charge in [0.1, 0.15) is 5.82 Å². The zero-order chi connectivity index (χ0) is 24.9. The molecule has 8 nitrogen and oxygen atoms in total. The van der Waals surface area contributed by atoms with Gasteiger partial charge in [-0.05, 0) is 44.7 Å². The van der Waals surface area contributed by atoms with Crippen molar-refractivity contribution >= 4 is 28.4 Å². The van der Waals surface area contributed by atoms with Crippen molar-refractivity contribution in [1.29, 1.82) is 5.26 Å².